The molecule has 1 fully saturated rings. The standard InChI is InChI=1S/C14H17N3OS/c18-14(16-8-10-2-1-5-15-7-10)11-3-4-12-13(6-11)19-9-17-12/h3-4,6,9-10,15H,1-2,5,7-8H2,(H,16,18)/t10-/m1/s1. The van der Waals surface area contributed by atoms with Gasteiger partial charge in [-0.1, -0.05) is 0 Å². The molecule has 1 aliphatic rings. The molecule has 2 aromatic rings. The Morgan fingerprint density at radius 1 is 1.53 bits per heavy atom. The number of thiazole rings is 1. The fraction of sp³-hybridized carbons (Fsp3) is 0.429. The fourth-order valence-electron chi connectivity index (χ4n) is 2.43. The number of hydrogen-bond acceptors (Lipinski definition) is 4. The highest BCUT2D eigenvalue weighted by atomic mass is 32.1. The molecule has 1 aromatic heterocycles. The third-order valence-corrected chi connectivity index (χ3v) is 4.34. The number of aromatic nitrogens is 1. The maximum absolute atomic E-state index is 12.1. The first-order valence-corrected chi connectivity index (χ1v) is 7.53. The molecule has 0 saturated carbocycles. The molecule has 1 atom stereocenters. The molecule has 19 heavy (non-hydrogen) atoms. The van der Waals surface area contributed by atoms with E-state index in [9.17, 15) is 4.79 Å². The Morgan fingerprint density at radius 2 is 2.47 bits per heavy atom. The zero-order valence-electron chi connectivity index (χ0n) is 10.7. The lowest BCUT2D eigenvalue weighted by atomic mass is 9.99. The van der Waals surface area contributed by atoms with Gasteiger partial charge in [0, 0.05) is 12.1 Å². The van der Waals surface area contributed by atoms with E-state index in [4.69, 9.17) is 0 Å². The van der Waals surface area contributed by atoms with Crippen molar-refractivity contribution in [3.05, 3.63) is 29.3 Å². The Labute approximate surface area is 116 Å². The highest BCUT2D eigenvalue weighted by molar-refractivity contribution is 7.16. The summed E-state index contributed by atoms with van der Waals surface area (Å²) in [5.41, 5.74) is 3.48. The van der Waals surface area contributed by atoms with Gasteiger partial charge in [-0.15, -0.1) is 11.3 Å². The normalized spacial score (nSPS) is 19.5. The van der Waals surface area contributed by atoms with Crippen LogP contribution in [-0.2, 0) is 0 Å². The number of nitrogens with zero attached hydrogens (tertiary/aromatic N) is 1. The van der Waals surface area contributed by atoms with Crippen molar-refractivity contribution in [2.75, 3.05) is 19.6 Å². The minimum atomic E-state index is 0.0147. The van der Waals surface area contributed by atoms with E-state index in [1.165, 1.54) is 12.8 Å². The smallest absolute Gasteiger partial charge is 0.251 e. The minimum absolute atomic E-state index is 0.0147. The maximum Gasteiger partial charge on any atom is 0.251 e. The van der Waals surface area contributed by atoms with Crippen LogP contribution in [0.4, 0.5) is 0 Å². The molecule has 0 aliphatic carbocycles. The van der Waals surface area contributed by atoms with Crippen LogP contribution >= 0.6 is 11.3 Å². The Morgan fingerprint density at radius 3 is 3.32 bits per heavy atom. The molecular weight excluding hydrogens is 258 g/mol. The van der Waals surface area contributed by atoms with Crippen LogP contribution in [0.3, 0.4) is 0 Å². The number of carbonyl (C=O) groups excluding carboxylic acids is 1. The van der Waals surface area contributed by atoms with Crippen LogP contribution in [0.5, 0.6) is 0 Å². The lowest BCUT2D eigenvalue weighted by Gasteiger charge is -2.22. The van der Waals surface area contributed by atoms with Gasteiger partial charge in [-0.05, 0) is 50.0 Å². The number of piperidine rings is 1. The molecular formula is C14H17N3OS. The van der Waals surface area contributed by atoms with Gasteiger partial charge in [-0.2, -0.15) is 0 Å². The number of rotatable bonds is 3. The molecule has 1 aromatic carbocycles. The highest BCUT2D eigenvalue weighted by Gasteiger charge is 2.14. The van der Waals surface area contributed by atoms with Crippen LogP contribution in [0.15, 0.2) is 23.7 Å². The Kier molecular flexibility index (Phi) is 3.75. The molecule has 0 radical (unpaired) electrons. The zero-order valence-corrected chi connectivity index (χ0v) is 11.5. The average molecular weight is 275 g/mol. The van der Waals surface area contributed by atoms with Gasteiger partial charge in [0.15, 0.2) is 0 Å². The molecule has 1 saturated heterocycles. The second-order valence-electron chi connectivity index (χ2n) is 4.96. The van der Waals surface area contributed by atoms with Crippen LogP contribution in [0, 0.1) is 5.92 Å². The number of amides is 1. The molecule has 0 bridgehead atoms. The minimum Gasteiger partial charge on any atom is -0.352 e. The van der Waals surface area contributed by atoms with E-state index < -0.39 is 0 Å². The largest absolute Gasteiger partial charge is 0.352 e. The summed E-state index contributed by atoms with van der Waals surface area (Å²) in [4.78, 5) is 16.3. The summed E-state index contributed by atoms with van der Waals surface area (Å²) in [5.74, 6) is 0.575. The van der Waals surface area contributed by atoms with E-state index >= 15 is 0 Å². The monoisotopic (exact) mass is 275 g/mol. The molecule has 1 aliphatic heterocycles. The lowest BCUT2D eigenvalue weighted by Crippen LogP contribution is -2.38. The van der Waals surface area contributed by atoms with Crippen LogP contribution in [0.2, 0.25) is 0 Å². The topological polar surface area (TPSA) is 54.0 Å². The van der Waals surface area contributed by atoms with E-state index in [1.807, 2.05) is 18.2 Å². The van der Waals surface area contributed by atoms with Gasteiger partial charge < -0.3 is 10.6 Å². The van der Waals surface area contributed by atoms with Gasteiger partial charge in [0.25, 0.3) is 5.91 Å². The van der Waals surface area contributed by atoms with Gasteiger partial charge in [-0.25, -0.2) is 4.98 Å². The van der Waals surface area contributed by atoms with Crippen molar-refractivity contribution >= 4 is 27.5 Å². The van der Waals surface area contributed by atoms with Crippen LogP contribution in [-0.4, -0.2) is 30.5 Å². The van der Waals surface area contributed by atoms with E-state index in [2.05, 4.69) is 15.6 Å². The average Bonchev–Trinajstić information content (AvgIpc) is 2.93. The summed E-state index contributed by atoms with van der Waals surface area (Å²) >= 11 is 1.56. The van der Waals surface area contributed by atoms with Gasteiger partial charge in [0.2, 0.25) is 0 Å². The van der Waals surface area contributed by atoms with E-state index in [0.29, 0.717) is 5.92 Å². The quantitative estimate of drug-likeness (QED) is 0.901. The second-order valence-corrected chi connectivity index (χ2v) is 5.84. The molecule has 1 amide bonds. The Hall–Kier alpha value is -1.46. The van der Waals surface area contributed by atoms with Crippen molar-refractivity contribution in [3.63, 3.8) is 0 Å². The molecule has 2 heterocycles. The predicted octanol–water partition coefficient (Wildman–Crippen LogP) is 2.03. The first kappa shape index (κ1) is 12.6. The van der Waals surface area contributed by atoms with Gasteiger partial charge >= 0.3 is 0 Å². The predicted molar refractivity (Wildman–Crippen MR) is 77.5 cm³/mol. The van der Waals surface area contributed by atoms with Gasteiger partial charge in [-0.3, -0.25) is 4.79 Å². The number of hydrogen-bond donors (Lipinski definition) is 2. The van der Waals surface area contributed by atoms with Crippen LogP contribution in [0.1, 0.15) is 23.2 Å². The summed E-state index contributed by atoms with van der Waals surface area (Å²) in [7, 11) is 0. The SMILES string of the molecule is O=C(NC[C@@H]1CCCNC1)c1ccc2ncsc2c1. The maximum atomic E-state index is 12.1. The summed E-state index contributed by atoms with van der Waals surface area (Å²) in [6.45, 7) is 2.87. The van der Waals surface area contributed by atoms with Crippen molar-refractivity contribution in [2.45, 2.75) is 12.8 Å². The molecule has 3 rings (SSSR count). The summed E-state index contributed by atoms with van der Waals surface area (Å²) in [6.07, 6.45) is 2.40. The Bertz CT molecular complexity index is 575. The van der Waals surface area contributed by atoms with Crippen molar-refractivity contribution in [2.24, 2.45) is 5.92 Å². The van der Waals surface area contributed by atoms with Crippen molar-refractivity contribution in [1.29, 1.82) is 0 Å². The molecule has 0 spiro atoms. The van der Waals surface area contributed by atoms with E-state index in [0.717, 1.165) is 35.4 Å². The fourth-order valence-corrected chi connectivity index (χ4v) is 3.15. The molecule has 0 unspecified atom stereocenters. The third-order valence-electron chi connectivity index (χ3n) is 3.54. The van der Waals surface area contributed by atoms with Gasteiger partial charge in [0.05, 0.1) is 15.7 Å². The third kappa shape index (κ3) is 2.93. The van der Waals surface area contributed by atoms with Crippen LogP contribution in [0.25, 0.3) is 10.2 Å². The highest BCUT2D eigenvalue weighted by Crippen LogP contribution is 2.19. The van der Waals surface area contributed by atoms with Crippen molar-refractivity contribution in [1.82, 2.24) is 15.6 Å². The lowest BCUT2D eigenvalue weighted by molar-refractivity contribution is 0.0945. The summed E-state index contributed by atoms with van der Waals surface area (Å²) in [6, 6.07) is 5.67. The number of fused-ring (bicyclic) bond motifs is 1. The molecule has 4 nitrogen and oxygen atoms in total. The zero-order chi connectivity index (χ0) is 13.1. The number of nitrogens with one attached hydrogen (secondary N) is 2. The van der Waals surface area contributed by atoms with E-state index in [1.54, 1.807) is 16.8 Å². The first-order valence-electron chi connectivity index (χ1n) is 6.65. The molecule has 100 valence electrons. The number of benzene rings is 1. The van der Waals surface area contributed by atoms with Crippen molar-refractivity contribution in [3.8, 4) is 0 Å². The molecule has 5 heteroatoms. The summed E-state index contributed by atoms with van der Waals surface area (Å²) < 4.78 is 1.06. The number of carbonyl (C=O) groups is 1. The van der Waals surface area contributed by atoms with Gasteiger partial charge in [0.1, 0.15) is 0 Å². The first-order chi connectivity index (χ1) is 9.33. The second kappa shape index (κ2) is 5.67. The van der Waals surface area contributed by atoms with E-state index in [-0.39, 0.29) is 5.91 Å². The van der Waals surface area contributed by atoms with Crippen LogP contribution < -0.4 is 10.6 Å². The Balaban J connectivity index is 1.62. The van der Waals surface area contributed by atoms with Crippen molar-refractivity contribution < 1.29 is 4.79 Å². The molecule has 2 N–H and O–H groups in total. The summed E-state index contributed by atoms with van der Waals surface area (Å²) in [5, 5.41) is 6.39.